The van der Waals surface area contributed by atoms with Crippen molar-refractivity contribution < 1.29 is 10.2 Å². The fourth-order valence-corrected chi connectivity index (χ4v) is 3.51. The number of aliphatic hydroxyl groups is 2. The molecule has 0 bridgehead atoms. The van der Waals surface area contributed by atoms with Crippen LogP contribution in [0.15, 0.2) is 8.68 Å². The zero-order valence-electron chi connectivity index (χ0n) is 7.17. The number of aliphatic hydroxyl groups excluding tert-OH is 2. The normalized spacial score (nSPS) is 15.7. The molecule has 0 fully saturated rings. The maximum atomic E-state index is 9.04. The number of nitrogens with zero attached hydrogens (tertiary/aromatic N) is 2. The van der Waals surface area contributed by atoms with Crippen LogP contribution in [0.1, 0.15) is 13.8 Å². The van der Waals surface area contributed by atoms with Crippen LogP contribution in [0.2, 0.25) is 0 Å². The van der Waals surface area contributed by atoms with E-state index in [1.165, 1.54) is 34.9 Å². The molecule has 13 heavy (non-hydrogen) atoms. The molecule has 0 radical (unpaired) electrons. The summed E-state index contributed by atoms with van der Waals surface area (Å²) in [6.45, 7) is 3.35. The van der Waals surface area contributed by atoms with Crippen LogP contribution in [0, 0.1) is 0 Å². The van der Waals surface area contributed by atoms with Crippen molar-refractivity contribution in [1.82, 2.24) is 10.2 Å². The predicted molar refractivity (Wildman–Crippen MR) is 55.0 cm³/mol. The van der Waals surface area contributed by atoms with E-state index < -0.39 is 10.9 Å². The number of thioether (sulfide) groups is 2. The smallest absolute Gasteiger partial charge is 0.177 e. The third-order valence-electron chi connectivity index (χ3n) is 0.931. The van der Waals surface area contributed by atoms with Crippen molar-refractivity contribution in [1.29, 1.82) is 0 Å². The van der Waals surface area contributed by atoms with Crippen LogP contribution in [0.4, 0.5) is 0 Å². The molecule has 1 heterocycles. The van der Waals surface area contributed by atoms with Crippen LogP contribution < -0.4 is 0 Å². The quantitative estimate of drug-likeness (QED) is 0.610. The lowest BCUT2D eigenvalue weighted by molar-refractivity contribution is 0.283. The Labute approximate surface area is 88.8 Å². The SMILES string of the molecule is CC(O)Sc1nnc(SC(C)O)s1. The van der Waals surface area contributed by atoms with Gasteiger partial charge in [-0.2, -0.15) is 0 Å². The van der Waals surface area contributed by atoms with Gasteiger partial charge >= 0.3 is 0 Å². The molecule has 0 amide bonds. The molecule has 0 saturated carbocycles. The second kappa shape index (κ2) is 5.16. The van der Waals surface area contributed by atoms with Gasteiger partial charge in [0.25, 0.3) is 0 Å². The van der Waals surface area contributed by atoms with Crippen molar-refractivity contribution in [3.8, 4) is 0 Å². The number of hydrogen-bond donors (Lipinski definition) is 2. The van der Waals surface area contributed by atoms with Gasteiger partial charge in [0.1, 0.15) is 10.9 Å². The lowest BCUT2D eigenvalue weighted by Crippen LogP contribution is -1.90. The first kappa shape index (κ1) is 11.3. The van der Waals surface area contributed by atoms with Crippen molar-refractivity contribution in [2.24, 2.45) is 0 Å². The van der Waals surface area contributed by atoms with Gasteiger partial charge in [0.2, 0.25) is 0 Å². The summed E-state index contributed by atoms with van der Waals surface area (Å²) < 4.78 is 1.44. The molecule has 0 spiro atoms. The number of rotatable bonds is 4. The molecule has 0 aromatic carbocycles. The molecule has 0 aliphatic heterocycles. The summed E-state index contributed by atoms with van der Waals surface area (Å²) in [5, 5.41) is 25.8. The van der Waals surface area contributed by atoms with Gasteiger partial charge in [0.15, 0.2) is 8.68 Å². The third-order valence-corrected chi connectivity index (χ3v) is 3.77. The van der Waals surface area contributed by atoms with Crippen LogP contribution in [0.3, 0.4) is 0 Å². The Morgan fingerprint density at radius 2 is 1.46 bits per heavy atom. The highest BCUT2D eigenvalue weighted by molar-refractivity contribution is 8.03. The average molecular weight is 238 g/mol. The van der Waals surface area contributed by atoms with Crippen LogP contribution in [0.25, 0.3) is 0 Å². The molecule has 2 N–H and O–H groups in total. The van der Waals surface area contributed by atoms with Gasteiger partial charge in [-0.15, -0.1) is 10.2 Å². The highest BCUT2D eigenvalue weighted by Crippen LogP contribution is 2.31. The molecular weight excluding hydrogens is 228 g/mol. The van der Waals surface area contributed by atoms with Crippen molar-refractivity contribution in [3.63, 3.8) is 0 Å². The van der Waals surface area contributed by atoms with Gasteiger partial charge in [-0.25, -0.2) is 0 Å². The van der Waals surface area contributed by atoms with E-state index in [-0.39, 0.29) is 0 Å². The van der Waals surface area contributed by atoms with E-state index in [1.807, 2.05) is 0 Å². The maximum Gasteiger partial charge on any atom is 0.177 e. The molecule has 2 unspecified atom stereocenters. The molecule has 0 saturated heterocycles. The van der Waals surface area contributed by atoms with Crippen molar-refractivity contribution >= 4 is 34.9 Å². The summed E-state index contributed by atoms with van der Waals surface area (Å²) in [4.78, 5) is 0. The summed E-state index contributed by atoms with van der Waals surface area (Å²) in [5.41, 5.74) is -0.949. The molecule has 1 aromatic rings. The Morgan fingerprint density at radius 1 is 1.08 bits per heavy atom. The zero-order valence-corrected chi connectivity index (χ0v) is 9.62. The fourth-order valence-electron chi connectivity index (χ4n) is 0.584. The number of aromatic nitrogens is 2. The lowest BCUT2D eigenvalue weighted by Gasteiger charge is -1.97. The van der Waals surface area contributed by atoms with Crippen molar-refractivity contribution in [2.75, 3.05) is 0 Å². The molecule has 1 rings (SSSR count). The monoisotopic (exact) mass is 238 g/mol. The summed E-state index contributed by atoms with van der Waals surface area (Å²) in [6.07, 6.45) is 0. The molecule has 2 atom stereocenters. The highest BCUT2D eigenvalue weighted by atomic mass is 32.2. The number of hydrogen-bond acceptors (Lipinski definition) is 7. The Balaban J connectivity index is 2.53. The first-order valence-electron chi connectivity index (χ1n) is 3.61. The van der Waals surface area contributed by atoms with Crippen LogP contribution in [-0.2, 0) is 0 Å². The second-order valence-electron chi connectivity index (χ2n) is 2.27. The largest absolute Gasteiger partial charge is 0.382 e. The van der Waals surface area contributed by atoms with Gasteiger partial charge in [-0.3, -0.25) is 0 Å². The van der Waals surface area contributed by atoms with Gasteiger partial charge in [-0.05, 0) is 13.8 Å². The fraction of sp³-hybridized carbons (Fsp3) is 0.667. The minimum atomic E-state index is -0.475. The summed E-state index contributed by atoms with van der Waals surface area (Å²) in [5.74, 6) is 0. The predicted octanol–water partition coefficient (Wildman–Crippen LogP) is 1.40. The van der Waals surface area contributed by atoms with E-state index in [0.717, 1.165) is 8.68 Å². The Morgan fingerprint density at radius 3 is 1.77 bits per heavy atom. The summed E-state index contributed by atoms with van der Waals surface area (Å²) in [7, 11) is 0. The molecule has 0 aliphatic carbocycles. The standard InChI is InChI=1S/C6H10N2O2S3/c1-3(9)11-5-7-8-6(13-5)12-4(2)10/h3-4,9-10H,1-2H3. The molecular formula is C6H10N2O2S3. The average Bonchev–Trinajstić information content (AvgIpc) is 2.33. The van der Waals surface area contributed by atoms with Crippen molar-refractivity contribution in [2.45, 2.75) is 33.4 Å². The van der Waals surface area contributed by atoms with Crippen LogP contribution in [-0.4, -0.2) is 31.3 Å². The van der Waals surface area contributed by atoms with Gasteiger partial charge < -0.3 is 10.2 Å². The first-order chi connectivity index (χ1) is 6.08. The Bertz CT molecular complexity index is 240. The molecule has 0 aliphatic rings. The van der Waals surface area contributed by atoms with Gasteiger partial charge in [0.05, 0.1) is 0 Å². The molecule has 7 heteroatoms. The molecule has 4 nitrogen and oxygen atoms in total. The zero-order chi connectivity index (χ0) is 9.84. The van der Waals surface area contributed by atoms with E-state index >= 15 is 0 Å². The van der Waals surface area contributed by atoms with E-state index in [2.05, 4.69) is 10.2 Å². The topological polar surface area (TPSA) is 66.2 Å². The minimum Gasteiger partial charge on any atom is -0.382 e. The highest BCUT2D eigenvalue weighted by Gasteiger charge is 2.09. The second-order valence-corrected chi connectivity index (χ2v) is 6.37. The van der Waals surface area contributed by atoms with Crippen molar-refractivity contribution in [3.05, 3.63) is 0 Å². The molecule has 1 aromatic heterocycles. The maximum absolute atomic E-state index is 9.04. The van der Waals surface area contributed by atoms with Gasteiger partial charge in [0, 0.05) is 0 Å². The Kier molecular flexibility index (Phi) is 4.47. The lowest BCUT2D eigenvalue weighted by atomic mass is 10.9. The first-order valence-corrected chi connectivity index (χ1v) is 6.18. The van der Waals surface area contributed by atoms with Crippen LogP contribution in [0.5, 0.6) is 0 Å². The third kappa shape index (κ3) is 4.28. The van der Waals surface area contributed by atoms with Crippen LogP contribution >= 0.6 is 34.9 Å². The minimum absolute atomic E-state index is 0.475. The van der Waals surface area contributed by atoms with E-state index in [4.69, 9.17) is 10.2 Å². The van der Waals surface area contributed by atoms with E-state index in [0.29, 0.717) is 0 Å². The van der Waals surface area contributed by atoms with Gasteiger partial charge in [-0.1, -0.05) is 34.9 Å². The summed E-state index contributed by atoms with van der Waals surface area (Å²) in [6, 6.07) is 0. The van der Waals surface area contributed by atoms with E-state index in [9.17, 15) is 0 Å². The van der Waals surface area contributed by atoms with E-state index in [1.54, 1.807) is 13.8 Å². The molecule has 74 valence electrons. The summed E-state index contributed by atoms with van der Waals surface area (Å²) >= 11 is 3.88. The Hall–Kier alpha value is 0.180.